The molecule has 2 heteroatoms. The minimum Gasteiger partial charge on any atom is -0.303 e. The molecule has 0 aromatic carbocycles. The van der Waals surface area contributed by atoms with Gasteiger partial charge in [0, 0.05) is 18.4 Å². The van der Waals surface area contributed by atoms with E-state index in [0.717, 1.165) is 19.3 Å². The highest BCUT2D eigenvalue weighted by molar-refractivity contribution is 5.82. The highest BCUT2D eigenvalue weighted by Crippen LogP contribution is 2.31. The first kappa shape index (κ1) is 8.24. The summed E-state index contributed by atoms with van der Waals surface area (Å²) >= 11 is 0. The van der Waals surface area contributed by atoms with Gasteiger partial charge in [0.15, 0.2) is 0 Å². The highest BCUT2D eigenvalue weighted by Gasteiger charge is 2.36. The van der Waals surface area contributed by atoms with Crippen LogP contribution >= 0.6 is 0 Å². The van der Waals surface area contributed by atoms with Gasteiger partial charge in [0.05, 0.1) is 0 Å². The van der Waals surface area contributed by atoms with E-state index >= 15 is 0 Å². The molecular formula is C10H17NO. The number of piperidine rings is 1. The second kappa shape index (κ2) is 3.17. The Kier molecular flexibility index (Phi) is 2.18. The average molecular weight is 167 g/mol. The Morgan fingerprint density at radius 2 is 2.17 bits per heavy atom. The van der Waals surface area contributed by atoms with Crippen LogP contribution in [0.15, 0.2) is 0 Å². The number of nitrogens with zero attached hydrogens (tertiary/aromatic N) is 1. The molecule has 0 spiro atoms. The number of hydrogen-bond donors (Lipinski definition) is 0. The number of carbonyl (C=O) groups excluding carboxylic acids is 1. The molecule has 0 radical (unpaired) electrons. The highest BCUT2D eigenvalue weighted by atomic mass is 16.1. The maximum absolute atomic E-state index is 11.5. The fourth-order valence-corrected chi connectivity index (χ4v) is 2.69. The van der Waals surface area contributed by atoms with Crippen molar-refractivity contribution in [1.82, 2.24) is 4.90 Å². The van der Waals surface area contributed by atoms with Crippen molar-refractivity contribution in [3.63, 3.8) is 0 Å². The minimum absolute atomic E-state index is 0.387. The monoisotopic (exact) mass is 167 g/mol. The summed E-state index contributed by atoms with van der Waals surface area (Å²) < 4.78 is 0. The maximum atomic E-state index is 11.5. The lowest BCUT2D eigenvalue weighted by molar-refractivity contribution is -0.129. The van der Waals surface area contributed by atoms with E-state index in [1.807, 2.05) is 0 Å². The van der Waals surface area contributed by atoms with E-state index in [0.29, 0.717) is 17.7 Å². The van der Waals surface area contributed by atoms with Gasteiger partial charge in [-0.25, -0.2) is 0 Å². The van der Waals surface area contributed by atoms with E-state index in [2.05, 4.69) is 11.9 Å². The first-order valence-corrected chi connectivity index (χ1v) is 5.02. The van der Waals surface area contributed by atoms with Crippen LogP contribution in [0.5, 0.6) is 0 Å². The molecule has 1 heterocycles. The molecule has 0 aromatic heterocycles. The molecule has 2 aliphatic rings. The molecule has 2 rings (SSSR count). The first-order valence-electron chi connectivity index (χ1n) is 5.02. The number of carbonyl (C=O) groups is 1. The lowest BCUT2D eigenvalue weighted by Crippen LogP contribution is -2.47. The van der Waals surface area contributed by atoms with E-state index in [4.69, 9.17) is 0 Å². The molecule has 12 heavy (non-hydrogen) atoms. The Balaban J connectivity index is 2.10. The molecule has 0 N–H and O–H groups in total. The van der Waals surface area contributed by atoms with Gasteiger partial charge < -0.3 is 4.90 Å². The molecule has 2 fully saturated rings. The molecule has 1 aliphatic heterocycles. The summed E-state index contributed by atoms with van der Waals surface area (Å²) in [5.41, 5.74) is 0. The standard InChI is InChI=1S/C10H17NO/c1-11-7-3-4-8-9(11)5-2-6-10(8)12/h8-9H,2-7H2,1H3. The number of rotatable bonds is 0. The summed E-state index contributed by atoms with van der Waals surface area (Å²) in [7, 11) is 2.16. The quantitative estimate of drug-likeness (QED) is 0.544. The van der Waals surface area contributed by atoms with Gasteiger partial charge >= 0.3 is 0 Å². The van der Waals surface area contributed by atoms with Crippen molar-refractivity contribution >= 4 is 5.78 Å². The summed E-state index contributed by atoms with van der Waals surface area (Å²) in [6.07, 6.45) is 5.56. The SMILES string of the molecule is CN1CCCC2C(=O)CCCC21. The predicted molar refractivity (Wildman–Crippen MR) is 48.0 cm³/mol. The molecule has 0 amide bonds. The number of likely N-dealkylation sites (tertiary alicyclic amines) is 1. The Hall–Kier alpha value is -0.370. The van der Waals surface area contributed by atoms with Crippen LogP contribution < -0.4 is 0 Å². The Labute approximate surface area is 73.9 Å². The fourth-order valence-electron chi connectivity index (χ4n) is 2.69. The zero-order chi connectivity index (χ0) is 8.55. The lowest BCUT2D eigenvalue weighted by Gasteiger charge is -2.41. The lowest BCUT2D eigenvalue weighted by atomic mass is 9.78. The zero-order valence-corrected chi connectivity index (χ0v) is 7.75. The van der Waals surface area contributed by atoms with Crippen LogP contribution in [0.1, 0.15) is 32.1 Å². The smallest absolute Gasteiger partial charge is 0.137 e. The van der Waals surface area contributed by atoms with Crippen LogP contribution in [-0.4, -0.2) is 30.3 Å². The molecule has 68 valence electrons. The Bertz CT molecular complexity index is 190. The van der Waals surface area contributed by atoms with Crippen LogP contribution in [0.3, 0.4) is 0 Å². The van der Waals surface area contributed by atoms with Crippen molar-refractivity contribution in [3.05, 3.63) is 0 Å². The first-order chi connectivity index (χ1) is 5.79. The second-order valence-electron chi connectivity index (χ2n) is 4.16. The van der Waals surface area contributed by atoms with Gasteiger partial charge in [0.2, 0.25) is 0 Å². The normalized spacial score (nSPS) is 37.9. The van der Waals surface area contributed by atoms with Crippen LogP contribution in [0.2, 0.25) is 0 Å². The molecule has 2 atom stereocenters. The van der Waals surface area contributed by atoms with E-state index in [-0.39, 0.29) is 0 Å². The van der Waals surface area contributed by atoms with Gasteiger partial charge in [-0.1, -0.05) is 0 Å². The molecular weight excluding hydrogens is 150 g/mol. The molecule has 1 aliphatic carbocycles. The third-order valence-corrected chi connectivity index (χ3v) is 3.39. The van der Waals surface area contributed by atoms with Crippen molar-refractivity contribution in [2.24, 2.45) is 5.92 Å². The van der Waals surface area contributed by atoms with Gasteiger partial charge in [-0.3, -0.25) is 4.79 Å². The van der Waals surface area contributed by atoms with Crippen LogP contribution in [0.4, 0.5) is 0 Å². The van der Waals surface area contributed by atoms with Gasteiger partial charge in [-0.05, 0) is 39.3 Å². The molecule has 0 bridgehead atoms. The Morgan fingerprint density at radius 3 is 2.92 bits per heavy atom. The molecule has 2 nitrogen and oxygen atoms in total. The van der Waals surface area contributed by atoms with E-state index in [1.54, 1.807) is 0 Å². The Morgan fingerprint density at radius 1 is 1.33 bits per heavy atom. The molecule has 1 saturated carbocycles. The van der Waals surface area contributed by atoms with Gasteiger partial charge in [-0.2, -0.15) is 0 Å². The van der Waals surface area contributed by atoms with E-state index in [9.17, 15) is 4.79 Å². The van der Waals surface area contributed by atoms with Crippen LogP contribution in [0.25, 0.3) is 0 Å². The molecule has 1 saturated heterocycles. The maximum Gasteiger partial charge on any atom is 0.137 e. The number of fused-ring (bicyclic) bond motifs is 1. The second-order valence-corrected chi connectivity index (χ2v) is 4.16. The van der Waals surface area contributed by atoms with Crippen LogP contribution in [0, 0.1) is 5.92 Å². The van der Waals surface area contributed by atoms with Gasteiger partial charge in [0.25, 0.3) is 0 Å². The summed E-state index contributed by atoms with van der Waals surface area (Å²) in [4.78, 5) is 13.9. The topological polar surface area (TPSA) is 20.3 Å². The summed E-state index contributed by atoms with van der Waals surface area (Å²) in [5, 5.41) is 0. The van der Waals surface area contributed by atoms with Crippen molar-refractivity contribution in [2.45, 2.75) is 38.1 Å². The molecule has 2 unspecified atom stereocenters. The van der Waals surface area contributed by atoms with Gasteiger partial charge in [0.1, 0.15) is 5.78 Å². The number of Topliss-reactive ketones (excluding diaryl/α,β-unsaturated/α-hetero) is 1. The minimum atomic E-state index is 0.387. The summed E-state index contributed by atoms with van der Waals surface area (Å²) in [6, 6.07) is 0.583. The third-order valence-electron chi connectivity index (χ3n) is 3.39. The predicted octanol–water partition coefficient (Wildman–Crippen LogP) is 1.45. The number of ketones is 1. The number of hydrogen-bond acceptors (Lipinski definition) is 2. The van der Waals surface area contributed by atoms with Crippen LogP contribution in [-0.2, 0) is 4.79 Å². The van der Waals surface area contributed by atoms with Crippen molar-refractivity contribution < 1.29 is 4.79 Å². The van der Waals surface area contributed by atoms with Gasteiger partial charge in [-0.15, -0.1) is 0 Å². The van der Waals surface area contributed by atoms with Crippen molar-refractivity contribution in [3.8, 4) is 0 Å². The van der Waals surface area contributed by atoms with Crippen molar-refractivity contribution in [2.75, 3.05) is 13.6 Å². The largest absolute Gasteiger partial charge is 0.303 e. The summed E-state index contributed by atoms with van der Waals surface area (Å²) in [5.74, 6) is 0.912. The summed E-state index contributed by atoms with van der Waals surface area (Å²) in [6.45, 7) is 1.19. The van der Waals surface area contributed by atoms with Crippen molar-refractivity contribution in [1.29, 1.82) is 0 Å². The van der Waals surface area contributed by atoms with E-state index < -0.39 is 0 Å². The third kappa shape index (κ3) is 1.28. The average Bonchev–Trinajstić information content (AvgIpc) is 2.07. The fraction of sp³-hybridized carbons (Fsp3) is 0.900. The zero-order valence-electron chi connectivity index (χ0n) is 7.75. The molecule has 0 aromatic rings. The van der Waals surface area contributed by atoms with E-state index in [1.165, 1.54) is 19.4 Å².